The molecule has 1 aromatic heterocycles. The van der Waals surface area contributed by atoms with Gasteiger partial charge in [-0.25, -0.2) is 4.79 Å². The van der Waals surface area contributed by atoms with E-state index in [-0.39, 0.29) is 23.5 Å². The monoisotopic (exact) mass is 345 g/mol. The van der Waals surface area contributed by atoms with Gasteiger partial charge >= 0.3 is 5.76 Å². The number of rotatable bonds is 4. The smallest absolute Gasteiger partial charge is 0.408 e. The van der Waals surface area contributed by atoms with Gasteiger partial charge in [-0.05, 0) is 37.0 Å². The van der Waals surface area contributed by atoms with Gasteiger partial charge in [0.25, 0.3) is 0 Å². The molecule has 1 aliphatic heterocycles. The molecule has 1 N–H and O–H groups in total. The Labute approximate surface area is 145 Å². The second-order valence-electron chi connectivity index (χ2n) is 6.55. The highest BCUT2D eigenvalue weighted by Gasteiger charge is 2.25. The number of nitrogens with zero attached hydrogens (tertiary/aromatic N) is 2. The van der Waals surface area contributed by atoms with E-state index in [2.05, 4.69) is 5.32 Å². The van der Waals surface area contributed by atoms with Gasteiger partial charge in [0, 0.05) is 39.5 Å². The number of carbonyl (C=O) groups is 2. The molecule has 0 unspecified atom stereocenters. The van der Waals surface area contributed by atoms with Crippen molar-refractivity contribution in [2.45, 2.75) is 26.2 Å². The molecule has 0 aliphatic carbocycles. The van der Waals surface area contributed by atoms with Crippen LogP contribution in [0.25, 0.3) is 11.1 Å². The molecule has 1 aromatic carbocycles. The van der Waals surface area contributed by atoms with Gasteiger partial charge in [0.15, 0.2) is 5.58 Å². The molecule has 7 nitrogen and oxygen atoms in total. The van der Waals surface area contributed by atoms with E-state index < -0.39 is 0 Å². The van der Waals surface area contributed by atoms with Gasteiger partial charge < -0.3 is 14.6 Å². The molecule has 0 atom stereocenters. The normalized spacial score (nSPS) is 15.5. The van der Waals surface area contributed by atoms with Crippen LogP contribution in [0.4, 0.5) is 0 Å². The standard InChI is InChI=1S/C18H23N3O4/c1-12(22)21-9-6-14(7-10-21)17(23)19-8-5-13-3-4-16-15(11-13)20(2)18(24)25-16/h3-4,11,14H,5-10H2,1-2H3,(H,19,23). The highest BCUT2D eigenvalue weighted by Crippen LogP contribution is 2.18. The lowest BCUT2D eigenvalue weighted by molar-refractivity contribution is -0.133. The number of amides is 2. The Morgan fingerprint density at radius 2 is 2.00 bits per heavy atom. The van der Waals surface area contributed by atoms with Crippen LogP contribution in [0.5, 0.6) is 0 Å². The lowest BCUT2D eigenvalue weighted by Crippen LogP contribution is -2.42. The number of aromatic nitrogens is 1. The number of fused-ring (bicyclic) bond motifs is 1. The minimum Gasteiger partial charge on any atom is -0.408 e. The molecule has 0 bridgehead atoms. The largest absolute Gasteiger partial charge is 0.419 e. The number of hydrogen-bond donors (Lipinski definition) is 1. The number of benzene rings is 1. The van der Waals surface area contributed by atoms with Crippen molar-refractivity contribution in [2.24, 2.45) is 13.0 Å². The molecule has 1 fully saturated rings. The number of oxazole rings is 1. The molecule has 7 heteroatoms. The first-order valence-electron chi connectivity index (χ1n) is 8.57. The quantitative estimate of drug-likeness (QED) is 0.898. The van der Waals surface area contributed by atoms with Crippen molar-refractivity contribution in [1.29, 1.82) is 0 Å². The predicted octanol–water partition coefficient (Wildman–Crippen LogP) is 1.05. The first-order chi connectivity index (χ1) is 12.0. The zero-order valence-corrected chi connectivity index (χ0v) is 14.6. The van der Waals surface area contributed by atoms with Gasteiger partial charge in [0.05, 0.1) is 5.52 Å². The lowest BCUT2D eigenvalue weighted by Gasteiger charge is -2.30. The molecule has 3 rings (SSSR count). The van der Waals surface area contributed by atoms with E-state index >= 15 is 0 Å². The van der Waals surface area contributed by atoms with Gasteiger partial charge in [-0.2, -0.15) is 0 Å². The number of nitrogens with one attached hydrogen (secondary N) is 1. The van der Waals surface area contributed by atoms with Crippen LogP contribution in [0.3, 0.4) is 0 Å². The Balaban J connectivity index is 1.51. The molecule has 0 saturated carbocycles. The van der Waals surface area contributed by atoms with Crippen LogP contribution in [0.1, 0.15) is 25.3 Å². The van der Waals surface area contributed by atoms with Crippen molar-refractivity contribution >= 4 is 22.9 Å². The summed E-state index contributed by atoms with van der Waals surface area (Å²) in [6, 6.07) is 5.60. The van der Waals surface area contributed by atoms with Crippen LogP contribution < -0.4 is 11.1 Å². The summed E-state index contributed by atoms with van der Waals surface area (Å²) in [5, 5.41) is 2.98. The fourth-order valence-corrected chi connectivity index (χ4v) is 3.26. The van der Waals surface area contributed by atoms with Crippen molar-refractivity contribution in [3.8, 4) is 0 Å². The number of aryl methyl sites for hydroxylation is 1. The molecule has 2 amide bonds. The third-order valence-electron chi connectivity index (χ3n) is 4.88. The van der Waals surface area contributed by atoms with Crippen molar-refractivity contribution in [3.05, 3.63) is 34.3 Å². The van der Waals surface area contributed by atoms with E-state index in [0.29, 0.717) is 44.5 Å². The van der Waals surface area contributed by atoms with E-state index in [0.717, 1.165) is 11.1 Å². The van der Waals surface area contributed by atoms with Crippen molar-refractivity contribution in [2.75, 3.05) is 19.6 Å². The fourth-order valence-electron chi connectivity index (χ4n) is 3.26. The number of likely N-dealkylation sites (tertiary alicyclic amines) is 1. The Hall–Kier alpha value is -2.57. The van der Waals surface area contributed by atoms with Crippen molar-refractivity contribution in [1.82, 2.24) is 14.8 Å². The third-order valence-corrected chi connectivity index (χ3v) is 4.88. The van der Waals surface area contributed by atoms with Crippen LogP contribution in [-0.2, 0) is 23.1 Å². The van der Waals surface area contributed by atoms with E-state index in [1.807, 2.05) is 12.1 Å². The molecule has 25 heavy (non-hydrogen) atoms. The molecule has 1 aliphatic rings. The number of carbonyl (C=O) groups excluding carboxylic acids is 2. The average molecular weight is 345 g/mol. The molecule has 134 valence electrons. The molecule has 0 spiro atoms. The summed E-state index contributed by atoms with van der Waals surface area (Å²) < 4.78 is 6.58. The van der Waals surface area contributed by atoms with Crippen LogP contribution in [0.2, 0.25) is 0 Å². The number of piperidine rings is 1. The summed E-state index contributed by atoms with van der Waals surface area (Å²) in [6.45, 7) is 3.41. The molecule has 1 saturated heterocycles. The van der Waals surface area contributed by atoms with Gasteiger partial charge in [-0.1, -0.05) is 6.07 Å². The Morgan fingerprint density at radius 1 is 1.28 bits per heavy atom. The Morgan fingerprint density at radius 3 is 2.68 bits per heavy atom. The van der Waals surface area contributed by atoms with E-state index in [9.17, 15) is 14.4 Å². The molecule has 2 aromatic rings. The third kappa shape index (κ3) is 3.75. The zero-order valence-electron chi connectivity index (χ0n) is 14.6. The summed E-state index contributed by atoms with van der Waals surface area (Å²) in [5.41, 5.74) is 2.36. The Bertz CT molecular complexity index is 844. The zero-order chi connectivity index (χ0) is 18.0. The first-order valence-corrected chi connectivity index (χ1v) is 8.57. The molecule has 0 radical (unpaired) electrons. The SMILES string of the molecule is CC(=O)N1CCC(C(=O)NCCc2ccc3oc(=O)n(C)c3c2)CC1. The van der Waals surface area contributed by atoms with Crippen LogP contribution in [0.15, 0.2) is 27.4 Å². The summed E-state index contributed by atoms with van der Waals surface area (Å²) in [4.78, 5) is 36.9. The van der Waals surface area contributed by atoms with Crippen molar-refractivity contribution < 1.29 is 14.0 Å². The first kappa shape index (κ1) is 17.3. The van der Waals surface area contributed by atoms with Gasteiger partial charge in [-0.3, -0.25) is 14.2 Å². The summed E-state index contributed by atoms with van der Waals surface area (Å²) in [6.07, 6.45) is 2.12. The van der Waals surface area contributed by atoms with Gasteiger partial charge in [0.1, 0.15) is 0 Å². The molecular weight excluding hydrogens is 322 g/mol. The van der Waals surface area contributed by atoms with E-state index in [1.54, 1.807) is 24.9 Å². The van der Waals surface area contributed by atoms with Gasteiger partial charge in [0.2, 0.25) is 11.8 Å². The predicted molar refractivity (Wildman–Crippen MR) is 93.1 cm³/mol. The summed E-state index contributed by atoms with van der Waals surface area (Å²) >= 11 is 0. The minimum atomic E-state index is -0.377. The van der Waals surface area contributed by atoms with Crippen LogP contribution in [0, 0.1) is 5.92 Å². The van der Waals surface area contributed by atoms with Crippen molar-refractivity contribution in [3.63, 3.8) is 0 Å². The second-order valence-corrected chi connectivity index (χ2v) is 6.55. The second kappa shape index (κ2) is 7.13. The maximum Gasteiger partial charge on any atom is 0.419 e. The average Bonchev–Trinajstić information content (AvgIpc) is 2.89. The van der Waals surface area contributed by atoms with Crippen LogP contribution >= 0.6 is 0 Å². The van der Waals surface area contributed by atoms with E-state index in [1.165, 1.54) is 4.57 Å². The van der Waals surface area contributed by atoms with E-state index in [4.69, 9.17) is 4.42 Å². The van der Waals surface area contributed by atoms with Crippen LogP contribution in [-0.4, -0.2) is 40.9 Å². The fraction of sp³-hybridized carbons (Fsp3) is 0.500. The highest BCUT2D eigenvalue weighted by molar-refractivity contribution is 5.79. The summed E-state index contributed by atoms with van der Waals surface area (Å²) in [5.74, 6) is -0.270. The maximum absolute atomic E-state index is 12.3. The molecular formula is C18H23N3O4. The molecule has 2 heterocycles. The minimum absolute atomic E-state index is 0.0206. The summed E-state index contributed by atoms with van der Waals surface area (Å²) in [7, 11) is 1.67. The van der Waals surface area contributed by atoms with Gasteiger partial charge in [-0.15, -0.1) is 0 Å². The highest BCUT2D eigenvalue weighted by atomic mass is 16.4. The topological polar surface area (TPSA) is 84.6 Å². The number of hydrogen-bond acceptors (Lipinski definition) is 4. The maximum atomic E-state index is 12.3. The lowest BCUT2D eigenvalue weighted by atomic mass is 9.96. The Kier molecular flexibility index (Phi) is 4.92.